The molecule has 2 aromatic rings. The zero-order valence-corrected chi connectivity index (χ0v) is 9.69. The number of rotatable bonds is 1. The Hall–Kier alpha value is -1.92. The minimum absolute atomic E-state index is 0.373. The number of β-amino-alcohol motifs (C(OH)–C–C–N with tert-alkyl or cyclic N) is 2. The summed E-state index contributed by atoms with van der Waals surface area (Å²) in [5.74, 6) is 0.718. The lowest BCUT2D eigenvalue weighted by Gasteiger charge is -2.18. The van der Waals surface area contributed by atoms with Crippen molar-refractivity contribution in [2.24, 2.45) is 0 Å². The first kappa shape index (κ1) is 11.2. The molecule has 1 saturated heterocycles. The van der Waals surface area contributed by atoms with Crippen molar-refractivity contribution in [2.75, 3.05) is 23.7 Å². The van der Waals surface area contributed by atoms with E-state index in [2.05, 4.69) is 9.97 Å². The van der Waals surface area contributed by atoms with Gasteiger partial charge in [0, 0.05) is 24.2 Å². The van der Waals surface area contributed by atoms with Crippen molar-refractivity contribution >= 4 is 22.4 Å². The van der Waals surface area contributed by atoms with Crippen LogP contribution >= 0.6 is 0 Å². The van der Waals surface area contributed by atoms with Gasteiger partial charge in [0.05, 0.1) is 17.7 Å². The molecule has 2 heterocycles. The van der Waals surface area contributed by atoms with Crippen molar-refractivity contribution in [2.45, 2.75) is 12.2 Å². The van der Waals surface area contributed by atoms with Crippen LogP contribution in [0.3, 0.4) is 0 Å². The third-order valence-corrected chi connectivity index (χ3v) is 3.20. The second-order valence-electron chi connectivity index (χ2n) is 4.51. The molecule has 2 unspecified atom stereocenters. The molecule has 1 aromatic carbocycles. The molecule has 4 N–H and O–H groups in total. The monoisotopic (exact) mass is 246 g/mol. The molecule has 0 radical (unpaired) electrons. The Kier molecular flexibility index (Phi) is 2.53. The van der Waals surface area contributed by atoms with Gasteiger partial charge in [0.1, 0.15) is 12.1 Å². The zero-order valence-electron chi connectivity index (χ0n) is 9.69. The van der Waals surface area contributed by atoms with Crippen LogP contribution in [0.1, 0.15) is 0 Å². The predicted molar refractivity (Wildman–Crippen MR) is 68.2 cm³/mol. The van der Waals surface area contributed by atoms with Gasteiger partial charge in [-0.15, -0.1) is 0 Å². The highest BCUT2D eigenvalue weighted by Crippen LogP contribution is 2.27. The first-order valence-corrected chi connectivity index (χ1v) is 5.76. The van der Waals surface area contributed by atoms with Gasteiger partial charge in [0.15, 0.2) is 0 Å². The maximum absolute atomic E-state index is 9.59. The number of benzene rings is 1. The molecule has 1 aliphatic rings. The van der Waals surface area contributed by atoms with E-state index in [9.17, 15) is 10.2 Å². The second-order valence-corrected chi connectivity index (χ2v) is 4.51. The summed E-state index contributed by atoms with van der Waals surface area (Å²) in [5.41, 5.74) is 7.12. The maximum atomic E-state index is 9.59. The Morgan fingerprint density at radius 1 is 1.17 bits per heavy atom. The molecule has 0 bridgehead atoms. The molecular formula is C12H14N4O2. The summed E-state index contributed by atoms with van der Waals surface area (Å²) in [6, 6.07) is 5.43. The number of aliphatic hydroxyl groups excluding tert-OH is 2. The minimum Gasteiger partial charge on any atom is -0.399 e. The Balaban J connectivity index is 2.07. The summed E-state index contributed by atoms with van der Waals surface area (Å²) < 4.78 is 0. The zero-order chi connectivity index (χ0) is 12.7. The van der Waals surface area contributed by atoms with E-state index in [0.29, 0.717) is 18.8 Å². The van der Waals surface area contributed by atoms with Gasteiger partial charge in [-0.05, 0) is 18.2 Å². The van der Waals surface area contributed by atoms with Gasteiger partial charge in [0.25, 0.3) is 0 Å². The first-order valence-electron chi connectivity index (χ1n) is 5.76. The molecule has 0 amide bonds. The van der Waals surface area contributed by atoms with Gasteiger partial charge < -0.3 is 20.8 Å². The van der Waals surface area contributed by atoms with E-state index in [0.717, 1.165) is 16.7 Å². The van der Waals surface area contributed by atoms with Crippen LogP contribution in [-0.2, 0) is 0 Å². The van der Waals surface area contributed by atoms with E-state index in [-0.39, 0.29) is 0 Å². The number of fused-ring (bicyclic) bond motifs is 1. The quantitative estimate of drug-likeness (QED) is 0.601. The van der Waals surface area contributed by atoms with Crippen LogP contribution in [0.15, 0.2) is 24.5 Å². The van der Waals surface area contributed by atoms with Gasteiger partial charge in [-0.3, -0.25) is 0 Å². The SMILES string of the molecule is Nc1ccc2c(N3CC(O)C(O)C3)ncnc2c1. The normalized spacial score (nSPS) is 23.8. The Morgan fingerprint density at radius 2 is 1.89 bits per heavy atom. The lowest BCUT2D eigenvalue weighted by molar-refractivity contribution is 0.0572. The summed E-state index contributed by atoms with van der Waals surface area (Å²) in [4.78, 5) is 10.3. The number of aromatic nitrogens is 2. The van der Waals surface area contributed by atoms with Crippen LogP contribution in [0.4, 0.5) is 11.5 Å². The van der Waals surface area contributed by atoms with Crippen molar-refractivity contribution in [3.63, 3.8) is 0 Å². The summed E-state index contributed by atoms with van der Waals surface area (Å²) >= 11 is 0. The largest absolute Gasteiger partial charge is 0.399 e. The van der Waals surface area contributed by atoms with Crippen LogP contribution in [0.25, 0.3) is 10.9 Å². The molecular weight excluding hydrogens is 232 g/mol. The number of nitrogen functional groups attached to an aromatic ring is 1. The minimum atomic E-state index is -0.733. The Bertz CT molecular complexity index is 579. The van der Waals surface area contributed by atoms with Crippen molar-refractivity contribution in [1.82, 2.24) is 9.97 Å². The molecule has 6 heteroatoms. The number of anilines is 2. The molecule has 2 atom stereocenters. The van der Waals surface area contributed by atoms with Crippen LogP contribution in [0.5, 0.6) is 0 Å². The van der Waals surface area contributed by atoms with Crippen molar-refractivity contribution < 1.29 is 10.2 Å². The third kappa shape index (κ3) is 1.75. The Morgan fingerprint density at radius 3 is 2.61 bits per heavy atom. The van der Waals surface area contributed by atoms with E-state index in [1.807, 2.05) is 11.0 Å². The molecule has 0 aliphatic carbocycles. The van der Waals surface area contributed by atoms with Gasteiger partial charge in [-0.25, -0.2) is 9.97 Å². The molecule has 3 rings (SSSR count). The van der Waals surface area contributed by atoms with Crippen LogP contribution in [0.2, 0.25) is 0 Å². The van der Waals surface area contributed by atoms with E-state index in [1.165, 1.54) is 6.33 Å². The van der Waals surface area contributed by atoms with Crippen molar-refractivity contribution in [1.29, 1.82) is 0 Å². The molecule has 1 aliphatic heterocycles. The molecule has 1 fully saturated rings. The molecule has 6 nitrogen and oxygen atoms in total. The van der Waals surface area contributed by atoms with Gasteiger partial charge >= 0.3 is 0 Å². The average Bonchev–Trinajstić information content (AvgIpc) is 2.68. The maximum Gasteiger partial charge on any atom is 0.140 e. The molecule has 0 spiro atoms. The van der Waals surface area contributed by atoms with Crippen molar-refractivity contribution in [3.05, 3.63) is 24.5 Å². The lowest BCUT2D eigenvalue weighted by Crippen LogP contribution is -2.22. The van der Waals surface area contributed by atoms with E-state index in [4.69, 9.17) is 5.73 Å². The first-order chi connectivity index (χ1) is 8.65. The van der Waals surface area contributed by atoms with Crippen LogP contribution < -0.4 is 10.6 Å². The Labute approximate surface area is 104 Å². The predicted octanol–water partition coefficient (Wildman–Crippen LogP) is -0.246. The van der Waals surface area contributed by atoms with Crippen LogP contribution in [0, 0.1) is 0 Å². The molecule has 94 valence electrons. The summed E-state index contributed by atoms with van der Waals surface area (Å²) in [6.45, 7) is 0.745. The molecule has 0 saturated carbocycles. The highest BCUT2D eigenvalue weighted by molar-refractivity contribution is 5.91. The highest BCUT2D eigenvalue weighted by atomic mass is 16.3. The average molecular weight is 246 g/mol. The number of hydrogen-bond donors (Lipinski definition) is 3. The van der Waals surface area contributed by atoms with E-state index in [1.54, 1.807) is 12.1 Å². The van der Waals surface area contributed by atoms with E-state index < -0.39 is 12.2 Å². The molecule has 18 heavy (non-hydrogen) atoms. The van der Waals surface area contributed by atoms with Gasteiger partial charge in [-0.2, -0.15) is 0 Å². The number of aliphatic hydroxyl groups is 2. The van der Waals surface area contributed by atoms with Crippen molar-refractivity contribution in [3.8, 4) is 0 Å². The lowest BCUT2D eigenvalue weighted by atomic mass is 10.2. The van der Waals surface area contributed by atoms with E-state index >= 15 is 0 Å². The molecule has 1 aromatic heterocycles. The summed E-state index contributed by atoms with van der Waals surface area (Å²) in [6.07, 6.45) is 0.00127. The second kappa shape index (κ2) is 4.08. The standard InChI is InChI=1S/C12H14N4O2/c13-7-1-2-8-9(3-7)14-6-15-12(8)16-4-10(17)11(18)5-16/h1-3,6,10-11,17-18H,4-5,13H2. The highest BCUT2D eigenvalue weighted by Gasteiger charge is 2.31. The van der Waals surface area contributed by atoms with Gasteiger partial charge in [-0.1, -0.05) is 0 Å². The smallest absolute Gasteiger partial charge is 0.140 e. The summed E-state index contributed by atoms with van der Waals surface area (Å²) in [5, 5.41) is 20.0. The fourth-order valence-corrected chi connectivity index (χ4v) is 2.25. The topological polar surface area (TPSA) is 95.5 Å². The fraction of sp³-hybridized carbons (Fsp3) is 0.333. The van der Waals surface area contributed by atoms with Gasteiger partial charge in [0.2, 0.25) is 0 Å². The number of nitrogens with two attached hydrogens (primary N) is 1. The number of hydrogen-bond acceptors (Lipinski definition) is 6. The number of nitrogens with zero attached hydrogens (tertiary/aromatic N) is 3. The summed E-state index contributed by atoms with van der Waals surface area (Å²) in [7, 11) is 0. The van der Waals surface area contributed by atoms with Crippen LogP contribution in [-0.4, -0.2) is 45.5 Å². The fourth-order valence-electron chi connectivity index (χ4n) is 2.25. The third-order valence-electron chi connectivity index (χ3n) is 3.20.